The number of rotatable bonds is 6. The number of aryl methyl sites for hydroxylation is 2. The lowest BCUT2D eigenvalue weighted by Gasteiger charge is -2.20. The van der Waals surface area contributed by atoms with Crippen LogP contribution in [0.4, 0.5) is 0 Å². The summed E-state index contributed by atoms with van der Waals surface area (Å²) in [6, 6.07) is 2.00. The molecule has 1 aromatic heterocycles. The highest BCUT2D eigenvalue weighted by Crippen LogP contribution is 2.12. The fourth-order valence-electron chi connectivity index (χ4n) is 1.47. The van der Waals surface area contributed by atoms with Gasteiger partial charge in [0.25, 0.3) is 0 Å². The highest BCUT2D eigenvalue weighted by Gasteiger charge is 2.16. The van der Waals surface area contributed by atoms with Gasteiger partial charge in [0.15, 0.2) is 0 Å². The van der Waals surface area contributed by atoms with E-state index in [-0.39, 0.29) is 0 Å². The lowest BCUT2D eigenvalue weighted by Crippen LogP contribution is -2.33. The van der Waals surface area contributed by atoms with Gasteiger partial charge >= 0.3 is 0 Å². The Hall–Kier alpha value is -0.870. The molecule has 0 aliphatic carbocycles. The van der Waals surface area contributed by atoms with Crippen LogP contribution in [0.15, 0.2) is 12.3 Å². The first-order valence-electron chi connectivity index (χ1n) is 5.46. The number of aliphatic hydroxyl groups is 1. The van der Waals surface area contributed by atoms with Crippen molar-refractivity contribution >= 4 is 0 Å². The summed E-state index contributed by atoms with van der Waals surface area (Å²) < 4.78 is 1.94. The van der Waals surface area contributed by atoms with Crippen LogP contribution >= 0.6 is 0 Å². The van der Waals surface area contributed by atoms with Crippen molar-refractivity contribution < 1.29 is 5.11 Å². The summed E-state index contributed by atoms with van der Waals surface area (Å²) in [5.74, 6) is 0. The predicted molar refractivity (Wildman–Crippen MR) is 60.5 cm³/mol. The number of nitrogens with zero attached hydrogens (tertiary/aromatic N) is 2. The zero-order valence-corrected chi connectivity index (χ0v) is 9.61. The van der Waals surface area contributed by atoms with E-state index in [1.165, 1.54) is 0 Å². The Morgan fingerprint density at radius 2 is 2.27 bits per heavy atom. The van der Waals surface area contributed by atoms with Gasteiger partial charge in [0.2, 0.25) is 0 Å². The minimum atomic E-state index is -0.708. The van der Waals surface area contributed by atoms with Crippen molar-refractivity contribution in [2.75, 3.05) is 6.54 Å². The van der Waals surface area contributed by atoms with E-state index in [0.717, 1.165) is 31.5 Å². The molecule has 4 nitrogen and oxygen atoms in total. The Labute approximate surface area is 91.1 Å². The summed E-state index contributed by atoms with van der Waals surface area (Å²) in [6.45, 7) is 5.00. The molecule has 1 atom stereocenters. The average molecular weight is 211 g/mol. The average Bonchev–Trinajstić information content (AvgIpc) is 2.59. The Morgan fingerprint density at radius 1 is 1.53 bits per heavy atom. The van der Waals surface area contributed by atoms with Gasteiger partial charge in [0, 0.05) is 19.3 Å². The second-order valence-corrected chi connectivity index (χ2v) is 4.38. The van der Waals surface area contributed by atoms with Crippen molar-refractivity contribution in [1.29, 1.82) is 0 Å². The summed E-state index contributed by atoms with van der Waals surface area (Å²) in [6.07, 6.45) is 4.74. The smallest absolute Gasteiger partial charge is 0.0741 e. The zero-order chi connectivity index (χ0) is 11.3. The maximum Gasteiger partial charge on any atom is 0.0741 e. The van der Waals surface area contributed by atoms with Crippen LogP contribution in [0.5, 0.6) is 0 Å². The van der Waals surface area contributed by atoms with Crippen molar-refractivity contribution in [3.8, 4) is 0 Å². The minimum absolute atomic E-state index is 0.327. The molecule has 0 amide bonds. The van der Waals surface area contributed by atoms with Crippen molar-refractivity contribution in [2.24, 2.45) is 5.73 Å². The molecular formula is C11H21N3O. The molecule has 3 N–H and O–H groups in total. The van der Waals surface area contributed by atoms with Crippen LogP contribution in [-0.2, 0) is 6.54 Å². The molecule has 1 rings (SSSR count). The Kier molecular flexibility index (Phi) is 4.29. The van der Waals surface area contributed by atoms with Crippen LogP contribution in [0, 0.1) is 6.92 Å². The van der Waals surface area contributed by atoms with Crippen LogP contribution in [0.2, 0.25) is 0 Å². The largest absolute Gasteiger partial charge is 0.389 e. The van der Waals surface area contributed by atoms with Gasteiger partial charge in [-0.1, -0.05) is 0 Å². The van der Waals surface area contributed by atoms with E-state index >= 15 is 0 Å². The first kappa shape index (κ1) is 12.2. The molecule has 0 spiro atoms. The molecule has 0 aromatic carbocycles. The third-order valence-corrected chi connectivity index (χ3v) is 2.57. The van der Waals surface area contributed by atoms with E-state index in [4.69, 9.17) is 5.73 Å². The van der Waals surface area contributed by atoms with Gasteiger partial charge in [-0.05, 0) is 39.2 Å². The van der Waals surface area contributed by atoms with Gasteiger partial charge in [-0.15, -0.1) is 0 Å². The maximum atomic E-state index is 9.68. The van der Waals surface area contributed by atoms with Crippen LogP contribution in [0.1, 0.15) is 31.9 Å². The van der Waals surface area contributed by atoms with Crippen LogP contribution in [-0.4, -0.2) is 27.0 Å². The number of hydrogen-bond donors (Lipinski definition) is 2. The highest BCUT2D eigenvalue weighted by atomic mass is 16.3. The Balaban J connectivity index is 2.17. The van der Waals surface area contributed by atoms with Crippen LogP contribution in [0.25, 0.3) is 0 Å². The quantitative estimate of drug-likeness (QED) is 0.692. The highest BCUT2D eigenvalue weighted by molar-refractivity contribution is 4.94. The second-order valence-electron chi connectivity index (χ2n) is 4.38. The second kappa shape index (κ2) is 5.28. The van der Waals surface area contributed by atoms with Crippen molar-refractivity contribution in [3.63, 3.8) is 0 Å². The molecule has 1 unspecified atom stereocenters. The third-order valence-electron chi connectivity index (χ3n) is 2.57. The normalized spacial score (nSPS) is 15.2. The number of unbranched alkanes of at least 4 members (excludes halogenated alkanes) is 1. The molecule has 4 heteroatoms. The van der Waals surface area contributed by atoms with Gasteiger partial charge in [0.05, 0.1) is 11.3 Å². The van der Waals surface area contributed by atoms with Crippen LogP contribution < -0.4 is 5.73 Å². The van der Waals surface area contributed by atoms with Gasteiger partial charge in [-0.2, -0.15) is 5.10 Å². The molecule has 0 fully saturated rings. The molecule has 1 heterocycles. The maximum absolute atomic E-state index is 9.68. The Morgan fingerprint density at radius 3 is 2.80 bits per heavy atom. The standard InChI is InChI=1S/C11H21N3O/c1-10-5-8-14(13-10)7-4-3-6-11(2,15)9-12/h5,8,15H,3-4,6-7,9,12H2,1-2H3. The first-order chi connectivity index (χ1) is 7.03. The van der Waals surface area contributed by atoms with E-state index < -0.39 is 5.60 Å². The molecule has 0 bridgehead atoms. The molecular weight excluding hydrogens is 190 g/mol. The summed E-state index contributed by atoms with van der Waals surface area (Å²) in [4.78, 5) is 0. The molecule has 86 valence electrons. The summed E-state index contributed by atoms with van der Waals surface area (Å²) in [5, 5.41) is 14.0. The summed E-state index contributed by atoms with van der Waals surface area (Å²) in [5.41, 5.74) is 5.77. The zero-order valence-electron chi connectivity index (χ0n) is 9.61. The van der Waals surface area contributed by atoms with E-state index in [2.05, 4.69) is 5.10 Å². The molecule has 0 saturated heterocycles. The third kappa shape index (κ3) is 4.44. The molecule has 0 saturated carbocycles. The van der Waals surface area contributed by atoms with Gasteiger partial charge < -0.3 is 10.8 Å². The lowest BCUT2D eigenvalue weighted by molar-refractivity contribution is 0.0569. The predicted octanol–water partition coefficient (Wildman–Crippen LogP) is 1.07. The van der Waals surface area contributed by atoms with E-state index in [9.17, 15) is 5.11 Å². The van der Waals surface area contributed by atoms with Crippen LogP contribution in [0.3, 0.4) is 0 Å². The van der Waals surface area contributed by atoms with Crippen molar-refractivity contribution in [1.82, 2.24) is 9.78 Å². The van der Waals surface area contributed by atoms with Gasteiger partial charge in [-0.3, -0.25) is 4.68 Å². The number of nitrogens with two attached hydrogens (primary N) is 1. The van der Waals surface area contributed by atoms with Crippen molar-refractivity contribution in [2.45, 2.75) is 45.3 Å². The van der Waals surface area contributed by atoms with Crippen molar-refractivity contribution in [3.05, 3.63) is 18.0 Å². The first-order valence-corrected chi connectivity index (χ1v) is 5.46. The number of aromatic nitrogens is 2. The minimum Gasteiger partial charge on any atom is -0.389 e. The summed E-state index contributed by atoms with van der Waals surface area (Å²) in [7, 11) is 0. The van der Waals surface area contributed by atoms with E-state index in [1.807, 2.05) is 23.9 Å². The monoisotopic (exact) mass is 211 g/mol. The molecule has 1 aromatic rings. The molecule has 0 radical (unpaired) electrons. The molecule has 0 aliphatic heterocycles. The van der Waals surface area contributed by atoms with E-state index in [1.54, 1.807) is 6.92 Å². The SMILES string of the molecule is Cc1ccn(CCCCC(C)(O)CN)n1. The molecule has 15 heavy (non-hydrogen) atoms. The van der Waals surface area contributed by atoms with Gasteiger partial charge in [-0.25, -0.2) is 0 Å². The molecule has 0 aliphatic rings. The van der Waals surface area contributed by atoms with E-state index in [0.29, 0.717) is 6.54 Å². The Bertz CT molecular complexity index is 294. The number of hydrogen-bond acceptors (Lipinski definition) is 3. The fraction of sp³-hybridized carbons (Fsp3) is 0.727. The lowest BCUT2D eigenvalue weighted by atomic mass is 9.99. The fourth-order valence-corrected chi connectivity index (χ4v) is 1.47. The summed E-state index contributed by atoms with van der Waals surface area (Å²) >= 11 is 0. The topological polar surface area (TPSA) is 64.1 Å². The van der Waals surface area contributed by atoms with Gasteiger partial charge in [0.1, 0.15) is 0 Å².